The minimum absolute atomic E-state index is 0.229. The van der Waals surface area contributed by atoms with Crippen LogP contribution in [0.15, 0.2) is 12.1 Å². The van der Waals surface area contributed by atoms with Crippen molar-refractivity contribution >= 4 is 17.5 Å². The number of aromatic nitrogens is 2. The molecule has 0 aliphatic carbocycles. The summed E-state index contributed by atoms with van der Waals surface area (Å²) in [6.45, 7) is 2.01. The molecule has 0 spiro atoms. The number of carbonyl (C=O) groups excluding carboxylic acids is 1. The van der Waals surface area contributed by atoms with Crippen LogP contribution < -0.4 is 5.32 Å². The molecule has 1 heterocycles. The van der Waals surface area contributed by atoms with E-state index in [1.807, 2.05) is 0 Å². The monoisotopic (exact) mass is 209 g/mol. The van der Waals surface area contributed by atoms with Gasteiger partial charge in [-0.25, -0.2) is 0 Å². The predicted molar refractivity (Wildman–Crippen MR) is 52.8 cm³/mol. The zero-order chi connectivity index (χ0) is 10.4. The second-order valence-electron chi connectivity index (χ2n) is 2.35. The summed E-state index contributed by atoms with van der Waals surface area (Å²) in [6.07, 6.45) is 0. The Morgan fingerprint density at radius 2 is 2.36 bits per heavy atom. The third-order valence-electron chi connectivity index (χ3n) is 1.38. The molecule has 0 unspecified atom stereocenters. The molecule has 1 amide bonds. The third kappa shape index (κ3) is 3.04. The van der Waals surface area contributed by atoms with E-state index in [1.54, 1.807) is 6.92 Å². The fourth-order valence-corrected chi connectivity index (χ4v) is 0.841. The average Bonchev–Trinajstić information content (AvgIpc) is 2.19. The molecule has 0 fully saturated rings. The summed E-state index contributed by atoms with van der Waals surface area (Å²) in [7, 11) is 0. The van der Waals surface area contributed by atoms with E-state index in [2.05, 4.69) is 27.4 Å². The van der Waals surface area contributed by atoms with Crippen molar-refractivity contribution < 1.29 is 4.79 Å². The van der Waals surface area contributed by atoms with Crippen molar-refractivity contribution in [2.75, 3.05) is 6.54 Å². The van der Waals surface area contributed by atoms with Gasteiger partial charge >= 0.3 is 0 Å². The first-order valence-corrected chi connectivity index (χ1v) is 4.29. The first-order valence-electron chi connectivity index (χ1n) is 3.91. The van der Waals surface area contributed by atoms with E-state index < -0.39 is 0 Å². The lowest BCUT2D eigenvalue weighted by Gasteiger charge is -1.98. The Morgan fingerprint density at radius 3 is 2.93 bits per heavy atom. The summed E-state index contributed by atoms with van der Waals surface area (Å²) in [5.74, 6) is 5.06. The van der Waals surface area contributed by atoms with E-state index in [1.165, 1.54) is 12.1 Å². The minimum atomic E-state index is -0.308. The SMILES string of the molecule is CC#CCNC(=O)c1ccc(Cl)nn1. The lowest BCUT2D eigenvalue weighted by molar-refractivity contribution is 0.0952. The van der Waals surface area contributed by atoms with Crippen molar-refractivity contribution in [3.05, 3.63) is 23.0 Å². The quantitative estimate of drug-likeness (QED) is 0.736. The number of rotatable bonds is 2. The van der Waals surface area contributed by atoms with Gasteiger partial charge in [-0.05, 0) is 19.1 Å². The fourth-order valence-electron chi connectivity index (χ4n) is 0.741. The lowest BCUT2D eigenvalue weighted by Crippen LogP contribution is -2.24. The van der Waals surface area contributed by atoms with Gasteiger partial charge in [-0.3, -0.25) is 4.79 Å². The minimum Gasteiger partial charge on any atom is -0.340 e. The molecule has 0 radical (unpaired) electrons. The van der Waals surface area contributed by atoms with Crippen molar-refractivity contribution in [3.8, 4) is 11.8 Å². The predicted octanol–water partition coefficient (Wildman–Crippen LogP) is 0.883. The number of amides is 1. The third-order valence-corrected chi connectivity index (χ3v) is 1.58. The largest absolute Gasteiger partial charge is 0.340 e. The molecule has 0 aliphatic heterocycles. The zero-order valence-electron chi connectivity index (χ0n) is 7.54. The van der Waals surface area contributed by atoms with Crippen LogP contribution in [0.1, 0.15) is 17.4 Å². The smallest absolute Gasteiger partial charge is 0.272 e. The molecule has 4 nitrogen and oxygen atoms in total. The number of nitrogens with one attached hydrogen (secondary N) is 1. The van der Waals surface area contributed by atoms with Crippen LogP contribution in [-0.4, -0.2) is 22.6 Å². The molecule has 1 rings (SSSR count). The fraction of sp³-hybridized carbons (Fsp3) is 0.222. The molecule has 0 aromatic carbocycles. The molecule has 0 atom stereocenters. The highest BCUT2D eigenvalue weighted by Crippen LogP contribution is 2.01. The van der Waals surface area contributed by atoms with Crippen molar-refractivity contribution in [3.63, 3.8) is 0 Å². The Hall–Kier alpha value is -1.60. The van der Waals surface area contributed by atoms with Crippen LogP contribution in [0.25, 0.3) is 0 Å². The summed E-state index contributed by atoms with van der Waals surface area (Å²) in [4.78, 5) is 11.3. The summed E-state index contributed by atoms with van der Waals surface area (Å²) in [5, 5.41) is 9.98. The molecule has 14 heavy (non-hydrogen) atoms. The van der Waals surface area contributed by atoms with E-state index in [0.29, 0.717) is 6.54 Å². The standard InChI is InChI=1S/C9H8ClN3O/c1-2-3-6-11-9(14)7-4-5-8(10)13-12-7/h4-5H,6H2,1H3,(H,11,14). The lowest BCUT2D eigenvalue weighted by atomic mass is 10.3. The molecule has 0 saturated heterocycles. The molecule has 5 heteroatoms. The molecule has 0 aliphatic rings. The number of carbonyl (C=O) groups is 1. The van der Waals surface area contributed by atoms with Gasteiger partial charge < -0.3 is 5.32 Å². The summed E-state index contributed by atoms with van der Waals surface area (Å²) in [5.41, 5.74) is 0.229. The van der Waals surface area contributed by atoms with Crippen LogP contribution in [0.2, 0.25) is 5.15 Å². The molecule has 1 N–H and O–H groups in total. The Morgan fingerprint density at radius 1 is 1.57 bits per heavy atom. The average molecular weight is 210 g/mol. The molecule has 1 aromatic rings. The van der Waals surface area contributed by atoms with E-state index >= 15 is 0 Å². The maximum atomic E-state index is 11.3. The Bertz CT molecular complexity index is 377. The van der Waals surface area contributed by atoms with Crippen molar-refractivity contribution in [1.82, 2.24) is 15.5 Å². The van der Waals surface area contributed by atoms with Crippen LogP contribution in [0.4, 0.5) is 0 Å². The van der Waals surface area contributed by atoms with Crippen molar-refractivity contribution in [2.24, 2.45) is 0 Å². The second kappa shape index (κ2) is 5.20. The van der Waals surface area contributed by atoms with E-state index in [9.17, 15) is 4.79 Å². The number of hydrogen-bond acceptors (Lipinski definition) is 3. The van der Waals surface area contributed by atoms with Gasteiger partial charge in [-0.2, -0.15) is 0 Å². The highest BCUT2D eigenvalue weighted by Gasteiger charge is 2.05. The van der Waals surface area contributed by atoms with E-state index in [0.717, 1.165) is 0 Å². The molecular weight excluding hydrogens is 202 g/mol. The van der Waals surface area contributed by atoms with Crippen molar-refractivity contribution in [1.29, 1.82) is 0 Å². The Labute approximate surface area is 86.7 Å². The van der Waals surface area contributed by atoms with Crippen molar-refractivity contribution in [2.45, 2.75) is 6.92 Å². The molecule has 1 aromatic heterocycles. The molecule has 72 valence electrons. The first-order chi connectivity index (χ1) is 6.74. The van der Waals surface area contributed by atoms with Gasteiger partial charge in [0.15, 0.2) is 10.8 Å². The van der Waals surface area contributed by atoms with E-state index in [4.69, 9.17) is 11.6 Å². The van der Waals surface area contributed by atoms with Gasteiger partial charge in [0.1, 0.15) is 0 Å². The van der Waals surface area contributed by atoms with Crippen LogP contribution in [0, 0.1) is 11.8 Å². The molecule has 0 bridgehead atoms. The van der Waals surface area contributed by atoms with Crippen LogP contribution in [0.3, 0.4) is 0 Å². The van der Waals surface area contributed by atoms with Gasteiger partial charge in [-0.15, -0.1) is 16.1 Å². The van der Waals surface area contributed by atoms with Crippen LogP contribution >= 0.6 is 11.6 Å². The van der Waals surface area contributed by atoms with Gasteiger partial charge in [0.2, 0.25) is 0 Å². The Kier molecular flexibility index (Phi) is 3.89. The van der Waals surface area contributed by atoms with Crippen LogP contribution in [-0.2, 0) is 0 Å². The van der Waals surface area contributed by atoms with Crippen LogP contribution in [0.5, 0.6) is 0 Å². The number of nitrogens with zero attached hydrogens (tertiary/aromatic N) is 2. The zero-order valence-corrected chi connectivity index (χ0v) is 8.30. The van der Waals surface area contributed by atoms with Gasteiger partial charge in [-0.1, -0.05) is 17.5 Å². The highest BCUT2D eigenvalue weighted by atomic mass is 35.5. The maximum absolute atomic E-state index is 11.3. The first kappa shape index (κ1) is 10.5. The molecular formula is C9H8ClN3O. The normalized spacial score (nSPS) is 8.71. The highest BCUT2D eigenvalue weighted by molar-refractivity contribution is 6.29. The summed E-state index contributed by atoms with van der Waals surface area (Å²) < 4.78 is 0. The Balaban J connectivity index is 2.59. The van der Waals surface area contributed by atoms with Gasteiger partial charge in [0, 0.05) is 0 Å². The molecule has 0 saturated carbocycles. The summed E-state index contributed by atoms with van der Waals surface area (Å²) >= 11 is 5.52. The topological polar surface area (TPSA) is 54.9 Å². The second-order valence-corrected chi connectivity index (χ2v) is 2.74. The number of halogens is 1. The summed E-state index contributed by atoms with van der Waals surface area (Å²) in [6, 6.07) is 3.01. The van der Waals surface area contributed by atoms with Gasteiger partial charge in [0.25, 0.3) is 5.91 Å². The maximum Gasteiger partial charge on any atom is 0.272 e. The van der Waals surface area contributed by atoms with E-state index in [-0.39, 0.29) is 16.8 Å². The number of hydrogen-bond donors (Lipinski definition) is 1. The van der Waals surface area contributed by atoms with Gasteiger partial charge in [0.05, 0.1) is 6.54 Å².